The smallest absolute Gasteiger partial charge is 0.224 e. The fourth-order valence-electron chi connectivity index (χ4n) is 2.23. The Labute approximate surface area is 129 Å². The number of likely N-dealkylation sites (N-methyl/N-ethyl adjacent to an activating group) is 1. The molecular formula is C17H29N3O. The predicted octanol–water partition coefficient (Wildman–Crippen LogP) is 1.96. The van der Waals surface area contributed by atoms with Crippen LogP contribution < -0.4 is 5.32 Å². The fraction of sp³-hybridized carbons (Fsp3) is 0.588. The Morgan fingerprint density at radius 2 is 1.86 bits per heavy atom. The van der Waals surface area contributed by atoms with Gasteiger partial charge in [-0.25, -0.2) is 0 Å². The van der Waals surface area contributed by atoms with Gasteiger partial charge >= 0.3 is 0 Å². The van der Waals surface area contributed by atoms with Gasteiger partial charge in [0.25, 0.3) is 0 Å². The van der Waals surface area contributed by atoms with Crippen molar-refractivity contribution in [3.8, 4) is 0 Å². The number of amides is 1. The van der Waals surface area contributed by atoms with Crippen LogP contribution in [0.5, 0.6) is 0 Å². The predicted molar refractivity (Wildman–Crippen MR) is 88.2 cm³/mol. The van der Waals surface area contributed by atoms with E-state index in [1.165, 1.54) is 5.56 Å². The first-order chi connectivity index (χ1) is 10.0. The van der Waals surface area contributed by atoms with Crippen molar-refractivity contribution >= 4 is 5.91 Å². The SMILES string of the molecule is CCNC(C)CC(=O)N(CCN(C)C)Cc1ccccc1. The summed E-state index contributed by atoms with van der Waals surface area (Å²) in [6.45, 7) is 7.35. The highest BCUT2D eigenvalue weighted by atomic mass is 16.2. The number of nitrogens with one attached hydrogen (secondary N) is 1. The minimum atomic E-state index is 0.217. The lowest BCUT2D eigenvalue weighted by Crippen LogP contribution is -2.39. The van der Waals surface area contributed by atoms with Crippen LogP contribution in [0.25, 0.3) is 0 Å². The second kappa shape index (κ2) is 9.53. The maximum atomic E-state index is 12.5. The van der Waals surface area contributed by atoms with Gasteiger partial charge in [0, 0.05) is 32.1 Å². The standard InChI is InChI=1S/C17H29N3O/c1-5-18-15(2)13-17(21)20(12-11-19(3)4)14-16-9-7-6-8-10-16/h6-10,15,18H,5,11-14H2,1-4H3. The third-order valence-electron chi connectivity index (χ3n) is 3.42. The number of hydrogen-bond donors (Lipinski definition) is 1. The topological polar surface area (TPSA) is 35.6 Å². The van der Waals surface area contributed by atoms with Gasteiger partial charge in [0.1, 0.15) is 0 Å². The molecule has 0 saturated carbocycles. The Morgan fingerprint density at radius 1 is 1.19 bits per heavy atom. The molecule has 0 aromatic heterocycles. The number of rotatable bonds is 9. The molecular weight excluding hydrogens is 262 g/mol. The summed E-state index contributed by atoms with van der Waals surface area (Å²) < 4.78 is 0. The summed E-state index contributed by atoms with van der Waals surface area (Å²) >= 11 is 0. The molecule has 0 radical (unpaired) electrons. The van der Waals surface area contributed by atoms with E-state index in [4.69, 9.17) is 0 Å². The van der Waals surface area contributed by atoms with Gasteiger partial charge in [-0.3, -0.25) is 4.79 Å². The van der Waals surface area contributed by atoms with Crippen molar-refractivity contribution in [2.45, 2.75) is 32.9 Å². The first-order valence-corrected chi connectivity index (χ1v) is 7.72. The van der Waals surface area contributed by atoms with E-state index in [0.29, 0.717) is 13.0 Å². The lowest BCUT2D eigenvalue weighted by atomic mass is 10.1. The average molecular weight is 291 g/mol. The van der Waals surface area contributed by atoms with Crippen molar-refractivity contribution < 1.29 is 4.79 Å². The van der Waals surface area contributed by atoms with E-state index in [2.05, 4.69) is 36.2 Å². The van der Waals surface area contributed by atoms with Gasteiger partial charge < -0.3 is 15.1 Å². The van der Waals surface area contributed by atoms with E-state index < -0.39 is 0 Å². The van der Waals surface area contributed by atoms with Crippen LogP contribution >= 0.6 is 0 Å². The number of benzene rings is 1. The van der Waals surface area contributed by atoms with Crippen LogP contribution in [0, 0.1) is 0 Å². The Balaban J connectivity index is 2.64. The van der Waals surface area contributed by atoms with Crippen LogP contribution in [0.4, 0.5) is 0 Å². The molecule has 0 saturated heterocycles. The number of hydrogen-bond acceptors (Lipinski definition) is 3. The highest BCUT2D eigenvalue weighted by Gasteiger charge is 2.16. The summed E-state index contributed by atoms with van der Waals surface area (Å²) in [6, 6.07) is 10.4. The Kier molecular flexibility index (Phi) is 8.01. The van der Waals surface area contributed by atoms with Gasteiger partial charge in [-0.2, -0.15) is 0 Å². The van der Waals surface area contributed by atoms with Crippen LogP contribution in [-0.4, -0.2) is 55.5 Å². The molecule has 0 heterocycles. The lowest BCUT2D eigenvalue weighted by Gasteiger charge is -2.26. The van der Waals surface area contributed by atoms with Gasteiger partial charge in [0.2, 0.25) is 5.91 Å². The molecule has 1 unspecified atom stereocenters. The third kappa shape index (κ3) is 7.25. The Bertz CT molecular complexity index is 406. The molecule has 1 N–H and O–H groups in total. The van der Waals surface area contributed by atoms with Crippen LogP contribution in [-0.2, 0) is 11.3 Å². The summed E-state index contributed by atoms with van der Waals surface area (Å²) in [5.41, 5.74) is 1.18. The quantitative estimate of drug-likeness (QED) is 0.755. The summed E-state index contributed by atoms with van der Waals surface area (Å²) in [6.07, 6.45) is 0.550. The van der Waals surface area contributed by atoms with E-state index in [9.17, 15) is 4.79 Å². The largest absolute Gasteiger partial charge is 0.337 e. The molecule has 0 aliphatic heterocycles. The second-order valence-corrected chi connectivity index (χ2v) is 5.77. The summed E-state index contributed by atoms with van der Waals surface area (Å²) in [7, 11) is 4.07. The molecule has 1 aromatic carbocycles. The maximum Gasteiger partial charge on any atom is 0.224 e. The second-order valence-electron chi connectivity index (χ2n) is 5.77. The molecule has 0 bridgehead atoms. The summed E-state index contributed by atoms with van der Waals surface area (Å²) in [5, 5.41) is 3.30. The first kappa shape index (κ1) is 17.7. The van der Waals surface area contributed by atoms with Crippen LogP contribution in [0.15, 0.2) is 30.3 Å². The molecule has 0 aliphatic carbocycles. The molecule has 0 spiro atoms. The zero-order valence-electron chi connectivity index (χ0n) is 13.8. The van der Waals surface area contributed by atoms with Crippen LogP contribution in [0.3, 0.4) is 0 Å². The van der Waals surface area contributed by atoms with Crippen LogP contribution in [0.1, 0.15) is 25.8 Å². The fourth-order valence-corrected chi connectivity index (χ4v) is 2.23. The maximum absolute atomic E-state index is 12.5. The Hall–Kier alpha value is -1.39. The molecule has 118 valence electrons. The lowest BCUT2D eigenvalue weighted by molar-refractivity contribution is -0.132. The number of nitrogens with zero attached hydrogens (tertiary/aromatic N) is 2. The highest BCUT2D eigenvalue weighted by molar-refractivity contribution is 5.76. The molecule has 1 atom stereocenters. The van der Waals surface area contributed by atoms with Gasteiger partial charge in [-0.05, 0) is 33.1 Å². The van der Waals surface area contributed by atoms with Crippen molar-refractivity contribution in [3.05, 3.63) is 35.9 Å². The molecule has 0 fully saturated rings. The zero-order valence-corrected chi connectivity index (χ0v) is 13.8. The van der Waals surface area contributed by atoms with Gasteiger partial charge in [-0.15, -0.1) is 0 Å². The minimum absolute atomic E-state index is 0.217. The van der Waals surface area contributed by atoms with Crippen molar-refractivity contribution in [2.75, 3.05) is 33.7 Å². The van der Waals surface area contributed by atoms with E-state index in [0.717, 1.165) is 19.6 Å². The van der Waals surface area contributed by atoms with E-state index in [-0.39, 0.29) is 11.9 Å². The van der Waals surface area contributed by atoms with Crippen LogP contribution in [0.2, 0.25) is 0 Å². The third-order valence-corrected chi connectivity index (χ3v) is 3.42. The monoisotopic (exact) mass is 291 g/mol. The highest BCUT2D eigenvalue weighted by Crippen LogP contribution is 2.07. The summed E-state index contributed by atoms with van der Waals surface area (Å²) in [5.74, 6) is 0.217. The Morgan fingerprint density at radius 3 is 2.43 bits per heavy atom. The molecule has 4 heteroatoms. The molecule has 1 rings (SSSR count). The normalized spacial score (nSPS) is 12.4. The van der Waals surface area contributed by atoms with Crippen molar-refractivity contribution in [2.24, 2.45) is 0 Å². The molecule has 4 nitrogen and oxygen atoms in total. The zero-order chi connectivity index (χ0) is 15.7. The summed E-state index contributed by atoms with van der Waals surface area (Å²) in [4.78, 5) is 16.6. The van der Waals surface area contributed by atoms with E-state index in [1.807, 2.05) is 37.2 Å². The molecule has 1 amide bonds. The number of carbonyl (C=O) groups excluding carboxylic acids is 1. The van der Waals surface area contributed by atoms with Crippen molar-refractivity contribution in [3.63, 3.8) is 0 Å². The van der Waals surface area contributed by atoms with Gasteiger partial charge in [0.15, 0.2) is 0 Å². The van der Waals surface area contributed by atoms with Gasteiger partial charge in [-0.1, -0.05) is 37.3 Å². The van der Waals surface area contributed by atoms with Crippen molar-refractivity contribution in [1.82, 2.24) is 15.1 Å². The first-order valence-electron chi connectivity index (χ1n) is 7.72. The van der Waals surface area contributed by atoms with E-state index in [1.54, 1.807) is 0 Å². The molecule has 0 aliphatic rings. The average Bonchev–Trinajstić information content (AvgIpc) is 2.44. The number of carbonyl (C=O) groups is 1. The minimum Gasteiger partial charge on any atom is -0.337 e. The van der Waals surface area contributed by atoms with E-state index >= 15 is 0 Å². The van der Waals surface area contributed by atoms with Crippen molar-refractivity contribution in [1.29, 1.82) is 0 Å². The van der Waals surface area contributed by atoms with Gasteiger partial charge in [0.05, 0.1) is 0 Å². The molecule has 1 aromatic rings. The molecule has 21 heavy (non-hydrogen) atoms.